The van der Waals surface area contributed by atoms with Crippen LogP contribution >= 0.6 is 0 Å². The van der Waals surface area contributed by atoms with Gasteiger partial charge in [0.15, 0.2) is 0 Å². The number of para-hydroxylation sites is 2. The molecule has 3 heteroatoms. The van der Waals surface area contributed by atoms with Crippen LogP contribution in [0.3, 0.4) is 0 Å². The Kier molecular flexibility index (Phi) is 5.18. The highest BCUT2D eigenvalue weighted by Crippen LogP contribution is 2.19. The highest BCUT2D eigenvalue weighted by Gasteiger charge is 2.14. The van der Waals surface area contributed by atoms with E-state index in [1.54, 1.807) is 0 Å². The molecule has 110 valence electrons. The number of hydrogen-bond donors (Lipinski definition) is 1. The van der Waals surface area contributed by atoms with Gasteiger partial charge in [0.1, 0.15) is 5.82 Å². The Morgan fingerprint density at radius 2 is 1.95 bits per heavy atom. The van der Waals surface area contributed by atoms with E-state index in [4.69, 9.17) is 4.98 Å². The fourth-order valence-corrected chi connectivity index (χ4v) is 2.59. The van der Waals surface area contributed by atoms with Gasteiger partial charge in [0.25, 0.3) is 0 Å². The molecule has 1 heterocycles. The maximum absolute atomic E-state index is 10.2. The first kappa shape index (κ1) is 15.0. The second kappa shape index (κ2) is 6.89. The standard InChI is InChI=1S/C17H26N2O/c1-4-11-19-16-8-6-5-7-15(16)18-17(19)12-14(20)10-9-13(2)3/h5-8,13-14,20H,4,9-12H2,1-3H3. The van der Waals surface area contributed by atoms with E-state index in [2.05, 4.69) is 37.5 Å². The molecule has 1 unspecified atom stereocenters. The van der Waals surface area contributed by atoms with Crippen LogP contribution in [0.25, 0.3) is 11.0 Å². The number of aromatic nitrogens is 2. The molecule has 0 aliphatic heterocycles. The average molecular weight is 274 g/mol. The van der Waals surface area contributed by atoms with Crippen molar-refractivity contribution in [1.82, 2.24) is 9.55 Å². The Bertz CT molecular complexity index is 545. The van der Waals surface area contributed by atoms with Gasteiger partial charge in [-0.05, 0) is 37.3 Å². The van der Waals surface area contributed by atoms with Crippen molar-refractivity contribution in [2.75, 3.05) is 0 Å². The third-order valence-electron chi connectivity index (χ3n) is 3.68. The maximum atomic E-state index is 10.2. The van der Waals surface area contributed by atoms with Crippen LogP contribution in [0.2, 0.25) is 0 Å². The molecule has 0 spiro atoms. The lowest BCUT2D eigenvalue weighted by atomic mass is 10.0. The minimum Gasteiger partial charge on any atom is -0.393 e. The first-order valence-corrected chi connectivity index (χ1v) is 7.74. The van der Waals surface area contributed by atoms with Gasteiger partial charge < -0.3 is 9.67 Å². The van der Waals surface area contributed by atoms with Crippen molar-refractivity contribution in [2.45, 2.75) is 59.1 Å². The summed E-state index contributed by atoms with van der Waals surface area (Å²) in [5.41, 5.74) is 2.22. The summed E-state index contributed by atoms with van der Waals surface area (Å²) < 4.78 is 2.26. The summed E-state index contributed by atoms with van der Waals surface area (Å²) in [5.74, 6) is 1.66. The van der Waals surface area contributed by atoms with E-state index in [0.29, 0.717) is 12.3 Å². The normalized spacial score (nSPS) is 13.2. The molecule has 0 aliphatic carbocycles. The largest absolute Gasteiger partial charge is 0.393 e. The molecule has 0 radical (unpaired) electrons. The van der Waals surface area contributed by atoms with Gasteiger partial charge in [0, 0.05) is 13.0 Å². The summed E-state index contributed by atoms with van der Waals surface area (Å²) in [4.78, 5) is 4.70. The molecule has 1 aromatic heterocycles. The van der Waals surface area contributed by atoms with E-state index in [9.17, 15) is 5.11 Å². The molecule has 0 fully saturated rings. The number of rotatable bonds is 7. The van der Waals surface area contributed by atoms with E-state index in [1.807, 2.05) is 12.1 Å². The van der Waals surface area contributed by atoms with Gasteiger partial charge in [0.05, 0.1) is 17.1 Å². The van der Waals surface area contributed by atoms with Crippen LogP contribution in [0.4, 0.5) is 0 Å². The molecule has 0 bridgehead atoms. The number of benzene rings is 1. The van der Waals surface area contributed by atoms with Crippen LogP contribution in [0.15, 0.2) is 24.3 Å². The fourth-order valence-electron chi connectivity index (χ4n) is 2.59. The molecule has 1 N–H and O–H groups in total. The molecule has 0 saturated heterocycles. The predicted octanol–water partition coefficient (Wildman–Crippen LogP) is 3.79. The number of fused-ring (bicyclic) bond motifs is 1. The van der Waals surface area contributed by atoms with Gasteiger partial charge in [-0.15, -0.1) is 0 Å². The highest BCUT2D eigenvalue weighted by atomic mass is 16.3. The van der Waals surface area contributed by atoms with E-state index in [-0.39, 0.29) is 6.10 Å². The lowest BCUT2D eigenvalue weighted by molar-refractivity contribution is 0.153. The zero-order chi connectivity index (χ0) is 14.5. The molecule has 0 saturated carbocycles. The van der Waals surface area contributed by atoms with Gasteiger partial charge in [-0.2, -0.15) is 0 Å². The van der Waals surface area contributed by atoms with Gasteiger partial charge in [-0.25, -0.2) is 4.98 Å². The average Bonchev–Trinajstić information content (AvgIpc) is 2.75. The van der Waals surface area contributed by atoms with E-state index in [1.165, 1.54) is 5.52 Å². The molecule has 0 amide bonds. The van der Waals surface area contributed by atoms with Crippen molar-refractivity contribution >= 4 is 11.0 Å². The number of aliphatic hydroxyl groups excluding tert-OH is 1. The number of imidazole rings is 1. The molecule has 0 aliphatic rings. The first-order valence-electron chi connectivity index (χ1n) is 7.74. The Labute approximate surface area is 121 Å². The quantitative estimate of drug-likeness (QED) is 0.834. The molecule has 3 nitrogen and oxygen atoms in total. The molecular weight excluding hydrogens is 248 g/mol. The number of aryl methyl sites for hydroxylation is 1. The minimum atomic E-state index is -0.287. The number of hydrogen-bond acceptors (Lipinski definition) is 2. The summed E-state index contributed by atoms with van der Waals surface area (Å²) >= 11 is 0. The van der Waals surface area contributed by atoms with Crippen LogP contribution in [0.5, 0.6) is 0 Å². The van der Waals surface area contributed by atoms with E-state index in [0.717, 1.165) is 37.1 Å². The van der Waals surface area contributed by atoms with Crippen LogP contribution < -0.4 is 0 Å². The lowest BCUT2D eigenvalue weighted by Gasteiger charge is -2.13. The Hall–Kier alpha value is -1.35. The summed E-state index contributed by atoms with van der Waals surface area (Å²) in [6.45, 7) is 7.53. The summed E-state index contributed by atoms with van der Waals surface area (Å²) in [6, 6.07) is 8.23. The predicted molar refractivity (Wildman–Crippen MR) is 83.8 cm³/mol. The lowest BCUT2D eigenvalue weighted by Crippen LogP contribution is -2.15. The fraction of sp³-hybridized carbons (Fsp3) is 0.588. The van der Waals surface area contributed by atoms with Crippen molar-refractivity contribution in [1.29, 1.82) is 0 Å². The van der Waals surface area contributed by atoms with Gasteiger partial charge >= 0.3 is 0 Å². The first-order chi connectivity index (χ1) is 9.61. The summed E-state index contributed by atoms with van der Waals surface area (Å²) in [5, 5.41) is 10.2. The summed E-state index contributed by atoms with van der Waals surface area (Å²) in [6.07, 6.45) is 3.36. The zero-order valence-electron chi connectivity index (χ0n) is 12.8. The Morgan fingerprint density at radius 1 is 1.20 bits per heavy atom. The van der Waals surface area contributed by atoms with Crippen molar-refractivity contribution in [3.8, 4) is 0 Å². The van der Waals surface area contributed by atoms with E-state index < -0.39 is 0 Å². The minimum absolute atomic E-state index is 0.287. The molecule has 2 aromatic rings. The van der Waals surface area contributed by atoms with Crippen LogP contribution in [-0.2, 0) is 13.0 Å². The Morgan fingerprint density at radius 3 is 2.65 bits per heavy atom. The van der Waals surface area contributed by atoms with Crippen molar-refractivity contribution in [2.24, 2.45) is 5.92 Å². The molecule has 2 rings (SSSR count). The topological polar surface area (TPSA) is 38.0 Å². The molecule has 1 aromatic carbocycles. The van der Waals surface area contributed by atoms with Gasteiger partial charge in [-0.3, -0.25) is 0 Å². The molecule has 1 atom stereocenters. The van der Waals surface area contributed by atoms with Crippen molar-refractivity contribution in [3.05, 3.63) is 30.1 Å². The third-order valence-corrected chi connectivity index (χ3v) is 3.68. The van der Waals surface area contributed by atoms with Crippen LogP contribution in [0.1, 0.15) is 45.9 Å². The third kappa shape index (κ3) is 3.60. The van der Waals surface area contributed by atoms with Crippen molar-refractivity contribution in [3.63, 3.8) is 0 Å². The smallest absolute Gasteiger partial charge is 0.112 e. The highest BCUT2D eigenvalue weighted by molar-refractivity contribution is 5.75. The van der Waals surface area contributed by atoms with Crippen LogP contribution in [-0.4, -0.2) is 20.8 Å². The summed E-state index contributed by atoms with van der Waals surface area (Å²) in [7, 11) is 0. The van der Waals surface area contributed by atoms with Gasteiger partial charge in [-0.1, -0.05) is 32.9 Å². The second-order valence-corrected chi connectivity index (χ2v) is 6.00. The Balaban J connectivity index is 2.17. The number of nitrogens with zero attached hydrogens (tertiary/aromatic N) is 2. The van der Waals surface area contributed by atoms with Crippen molar-refractivity contribution < 1.29 is 5.11 Å². The van der Waals surface area contributed by atoms with E-state index >= 15 is 0 Å². The SMILES string of the molecule is CCCn1c(CC(O)CCC(C)C)nc2ccccc21. The molecular formula is C17H26N2O. The molecule has 20 heavy (non-hydrogen) atoms. The maximum Gasteiger partial charge on any atom is 0.112 e. The van der Waals surface area contributed by atoms with Crippen LogP contribution in [0, 0.1) is 5.92 Å². The van der Waals surface area contributed by atoms with Gasteiger partial charge in [0.2, 0.25) is 0 Å². The second-order valence-electron chi connectivity index (χ2n) is 6.00. The monoisotopic (exact) mass is 274 g/mol. The number of aliphatic hydroxyl groups is 1. The zero-order valence-corrected chi connectivity index (χ0v) is 12.8.